The molecule has 130 valence electrons. The highest BCUT2D eigenvalue weighted by molar-refractivity contribution is 5.94. The summed E-state index contributed by atoms with van der Waals surface area (Å²) in [4.78, 5) is 16.9. The van der Waals surface area contributed by atoms with Crippen molar-refractivity contribution in [2.45, 2.75) is 6.92 Å². The minimum absolute atomic E-state index is 0.0826. The lowest BCUT2D eigenvalue weighted by Gasteiger charge is -2.36. The number of carbonyl (C=O) groups is 1. The second-order valence-electron chi connectivity index (χ2n) is 6.24. The van der Waals surface area contributed by atoms with Crippen molar-refractivity contribution in [3.63, 3.8) is 0 Å². The van der Waals surface area contributed by atoms with Crippen LogP contribution < -0.4 is 9.64 Å². The summed E-state index contributed by atoms with van der Waals surface area (Å²) in [6.07, 6.45) is 1.70. The molecule has 4 nitrogen and oxygen atoms in total. The van der Waals surface area contributed by atoms with Crippen LogP contribution in [0.2, 0.25) is 0 Å². The molecule has 4 heteroatoms. The summed E-state index contributed by atoms with van der Waals surface area (Å²) in [6.45, 7) is 9.38. The normalized spacial score (nSPS) is 14.3. The molecule has 0 N–H and O–H groups in total. The van der Waals surface area contributed by atoms with Gasteiger partial charge in [-0.15, -0.1) is 0 Å². The van der Waals surface area contributed by atoms with Crippen LogP contribution in [0.25, 0.3) is 0 Å². The Kier molecular flexibility index (Phi) is 5.39. The van der Waals surface area contributed by atoms with Gasteiger partial charge in [0.25, 0.3) is 5.91 Å². The fourth-order valence-electron chi connectivity index (χ4n) is 3.02. The Morgan fingerprint density at radius 2 is 1.84 bits per heavy atom. The first-order valence-corrected chi connectivity index (χ1v) is 8.62. The number of nitrogens with zero attached hydrogens (tertiary/aromatic N) is 2. The molecule has 2 aromatic rings. The predicted octanol–water partition coefficient (Wildman–Crippen LogP) is 3.52. The number of anilines is 1. The number of ether oxygens (including phenoxy) is 1. The molecule has 0 aliphatic carbocycles. The lowest BCUT2D eigenvalue weighted by Crippen LogP contribution is -2.48. The highest BCUT2D eigenvalue weighted by Crippen LogP contribution is 2.19. The first kappa shape index (κ1) is 17.1. The molecule has 1 fully saturated rings. The first-order valence-electron chi connectivity index (χ1n) is 8.62. The monoisotopic (exact) mass is 336 g/mol. The van der Waals surface area contributed by atoms with E-state index >= 15 is 0 Å². The third-order valence-corrected chi connectivity index (χ3v) is 4.40. The molecule has 1 aliphatic heterocycles. The van der Waals surface area contributed by atoms with Gasteiger partial charge in [0.05, 0.1) is 0 Å². The van der Waals surface area contributed by atoms with Crippen LogP contribution in [0.15, 0.2) is 61.2 Å². The Hall–Kier alpha value is -2.75. The summed E-state index contributed by atoms with van der Waals surface area (Å²) in [7, 11) is 0. The molecule has 0 radical (unpaired) electrons. The van der Waals surface area contributed by atoms with Crippen LogP contribution in [0.5, 0.6) is 5.75 Å². The Labute approximate surface area is 149 Å². The van der Waals surface area contributed by atoms with Crippen LogP contribution in [-0.4, -0.2) is 43.6 Å². The standard InChI is InChI=1S/C21H24N2O2/c1-3-15-25-20-9-7-18(8-10-20)21(24)23-13-11-22(12-14-23)19-6-4-5-17(2)16-19/h3-10,16H,1,11-15H2,2H3. The van der Waals surface area contributed by atoms with Crippen molar-refractivity contribution in [2.24, 2.45) is 0 Å². The van der Waals surface area contributed by atoms with E-state index in [1.54, 1.807) is 6.08 Å². The Morgan fingerprint density at radius 1 is 1.12 bits per heavy atom. The van der Waals surface area contributed by atoms with Crippen LogP contribution >= 0.6 is 0 Å². The van der Waals surface area contributed by atoms with E-state index in [0.29, 0.717) is 12.2 Å². The molecule has 1 saturated heterocycles. The molecule has 0 aromatic heterocycles. The van der Waals surface area contributed by atoms with Crippen LogP contribution in [0.1, 0.15) is 15.9 Å². The van der Waals surface area contributed by atoms with E-state index in [2.05, 4.69) is 42.7 Å². The van der Waals surface area contributed by atoms with E-state index in [1.807, 2.05) is 29.2 Å². The molecule has 0 spiro atoms. The zero-order valence-corrected chi connectivity index (χ0v) is 14.6. The van der Waals surface area contributed by atoms with Crippen molar-refractivity contribution in [3.05, 3.63) is 72.3 Å². The summed E-state index contributed by atoms with van der Waals surface area (Å²) in [5, 5.41) is 0. The number of piperazine rings is 1. The number of aryl methyl sites for hydroxylation is 1. The largest absolute Gasteiger partial charge is 0.490 e. The number of hydrogen-bond acceptors (Lipinski definition) is 3. The van der Waals surface area contributed by atoms with E-state index in [-0.39, 0.29) is 5.91 Å². The van der Waals surface area contributed by atoms with Crippen molar-refractivity contribution in [1.82, 2.24) is 4.90 Å². The maximum absolute atomic E-state index is 12.7. The molecule has 25 heavy (non-hydrogen) atoms. The Bertz CT molecular complexity index is 732. The third-order valence-electron chi connectivity index (χ3n) is 4.40. The summed E-state index contributed by atoms with van der Waals surface area (Å²) in [5.41, 5.74) is 3.19. The van der Waals surface area contributed by atoms with Gasteiger partial charge >= 0.3 is 0 Å². The number of amides is 1. The minimum Gasteiger partial charge on any atom is -0.490 e. The second kappa shape index (κ2) is 7.88. The Balaban J connectivity index is 1.58. The molecule has 2 aromatic carbocycles. The highest BCUT2D eigenvalue weighted by atomic mass is 16.5. The van der Waals surface area contributed by atoms with Gasteiger partial charge in [0.15, 0.2) is 0 Å². The van der Waals surface area contributed by atoms with Crippen molar-refractivity contribution in [3.8, 4) is 5.75 Å². The van der Waals surface area contributed by atoms with Gasteiger partial charge in [-0.25, -0.2) is 0 Å². The quantitative estimate of drug-likeness (QED) is 0.783. The third kappa shape index (κ3) is 4.21. The van der Waals surface area contributed by atoms with Crippen LogP contribution in [-0.2, 0) is 0 Å². The summed E-state index contributed by atoms with van der Waals surface area (Å²) in [6, 6.07) is 15.8. The van der Waals surface area contributed by atoms with E-state index < -0.39 is 0 Å². The van der Waals surface area contributed by atoms with Gasteiger partial charge in [0.1, 0.15) is 12.4 Å². The average Bonchev–Trinajstić information content (AvgIpc) is 2.66. The van der Waals surface area contributed by atoms with Gasteiger partial charge < -0.3 is 14.5 Å². The zero-order valence-electron chi connectivity index (χ0n) is 14.6. The zero-order chi connectivity index (χ0) is 17.6. The minimum atomic E-state index is 0.0826. The molecule has 1 aliphatic rings. The predicted molar refractivity (Wildman–Crippen MR) is 101 cm³/mol. The fraction of sp³-hybridized carbons (Fsp3) is 0.286. The average molecular weight is 336 g/mol. The van der Waals surface area contributed by atoms with Gasteiger partial charge in [-0.2, -0.15) is 0 Å². The van der Waals surface area contributed by atoms with Crippen LogP contribution in [0, 0.1) is 6.92 Å². The van der Waals surface area contributed by atoms with Gasteiger partial charge in [-0.3, -0.25) is 4.79 Å². The number of carbonyl (C=O) groups excluding carboxylic acids is 1. The summed E-state index contributed by atoms with van der Waals surface area (Å²) in [5.74, 6) is 0.833. The fourth-order valence-corrected chi connectivity index (χ4v) is 3.02. The van der Waals surface area contributed by atoms with E-state index in [1.165, 1.54) is 11.3 Å². The number of benzene rings is 2. The van der Waals surface area contributed by atoms with Crippen molar-refractivity contribution in [2.75, 3.05) is 37.7 Å². The second-order valence-corrected chi connectivity index (χ2v) is 6.24. The molecule has 1 heterocycles. The van der Waals surface area contributed by atoms with Crippen LogP contribution in [0.3, 0.4) is 0 Å². The molecule has 3 rings (SSSR count). The SMILES string of the molecule is C=CCOc1ccc(C(=O)N2CCN(c3cccc(C)c3)CC2)cc1. The van der Waals surface area contributed by atoms with Crippen molar-refractivity contribution in [1.29, 1.82) is 0 Å². The van der Waals surface area contributed by atoms with E-state index in [4.69, 9.17) is 4.74 Å². The lowest BCUT2D eigenvalue weighted by molar-refractivity contribution is 0.0746. The number of rotatable bonds is 5. The molecule has 0 atom stereocenters. The number of hydrogen-bond donors (Lipinski definition) is 0. The van der Waals surface area contributed by atoms with Gasteiger partial charge in [0.2, 0.25) is 0 Å². The van der Waals surface area contributed by atoms with Gasteiger partial charge in [-0.05, 0) is 48.9 Å². The molecule has 1 amide bonds. The smallest absolute Gasteiger partial charge is 0.253 e. The highest BCUT2D eigenvalue weighted by Gasteiger charge is 2.22. The molecule has 0 saturated carbocycles. The summed E-state index contributed by atoms with van der Waals surface area (Å²) < 4.78 is 5.46. The van der Waals surface area contributed by atoms with E-state index in [0.717, 1.165) is 31.9 Å². The molecular formula is C21H24N2O2. The topological polar surface area (TPSA) is 32.8 Å². The first-order chi connectivity index (χ1) is 12.2. The Morgan fingerprint density at radius 3 is 2.48 bits per heavy atom. The molecule has 0 bridgehead atoms. The van der Waals surface area contributed by atoms with Gasteiger partial charge in [0, 0.05) is 37.4 Å². The molecular weight excluding hydrogens is 312 g/mol. The van der Waals surface area contributed by atoms with Crippen molar-refractivity contribution >= 4 is 11.6 Å². The maximum Gasteiger partial charge on any atom is 0.253 e. The van der Waals surface area contributed by atoms with Gasteiger partial charge in [-0.1, -0.05) is 24.8 Å². The summed E-state index contributed by atoms with van der Waals surface area (Å²) >= 11 is 0. The maximum atomic E-state index is 12.7. The molecule has 0 unspecified atom stereocenters. The van der Waals surface area contributed by atoms with Crippen molar-refractivity contribution < 1.29 is 9.53 Å². The van der Waals surface area contributed by atoms with Crippen LogP contribution in [0.4, 0.5) is 5.69 Å². The van der Waals surface area contributed by atoms with E-state index in [9.17, 15) is 4.79 Å². The lowest BCUT2D eigenvalue weighted by atomic mass is 10.1.